The minimum atomic E-state index is -0.753. The van der Waals surface area contributed by atoms with Crippen LogP contribution in [0.5, 0.6) is 11.5 Å². The van der Waals surface area contributed by atoms with Crippen molar-refractivity contribution < 1.29 is 23.1 Å². The van der Waals surface area contributed by atoms with Crippen LogP contribution < -0.4 is 27.3 Å². The Kier molecular flexibility index (Phi) is 5.82. The van der Waals surface area contributed by atoms with E-state index in [0.29, 0.717) is 11.3 Å². The van der Waals surface area contributed by atoms with Gasteiger partial charge in [0.25, 0.3) is 5.91 Å². The van der Waals surface area contributed by atoms with Gasteiger partial charge in [-0.25, -0.2) is 8.78 Å². The zero-order chi connectivity index (χ0) is 21.8. The van der Waals surface area contributed by atoms with Crippen LogP contribution in [-0.4, -0.2) is 11.8 Å². The maximum Gasteiger partial charge on any atom is 0.252 e. The molecule has 3 aromatic rings. The molecule has 7 N–H and O–H groups in total. The molecular formula is C21H18F2N4O3. The summed E-state index contributed by atoms with van der Waals surface area (Å²) in [6, 6.07) is 12.6. The summed E-state index contributed by atoms with van der Waals surface area (Å²) in [5, 5.41) is 2.60. The monoisotopic (exact) mass is 412 g/mol. The molecule has 4 rings (SSSR count). The summed E-state index contributed by atoms with van der Waals surface area (Å²) < 4.78 is 31.2. The van der Waals surface area contributed by atoms with E-state index in [1.165, 1.54) is 42.5 Å². The fraction of sp³-hybridized carbons (Fsp3) is 0.0476. The number of hydrogen-bond acceptors (Lipinski definition) is 5. The van der Waals surface area contributed by atoms with Gasteiger partial charge in [-0.05, 0) is 54.1 Å². The Labute approximate surface area is 170 Å². The summed E-state index contributed by atoms with van der Waals surface area (Å²) in [5.74, 6) is -1.82. The number of primary amides is 1. The minimum Gasteiger partial charge on any atom is -0.454 e. The molecule has 0 aliphatic carbocycles. The number of nitrogens with one attached hydrogen (secondary N) is 1. The van der Waals surface area contributed by atoms with Crippen molar-refractivity contribution in [2.24, 2.45) is 5.73 Å². The highest BCUT2D eigenvalue weighted by Crippen LogP contribution is 2.31. The Morgan fingerprint density at radius 1 is 0.967 bits per heavy atom. The highest BCUT2D eigenvalue weighted by molar-refractivity contribution is 6.09. The lowest BCUT2D eigenvalue weighted by Gasteiger charge is -2.10. The van der Waals surface area contributed by atoms with Crippen molar-refractivity contribution in [1.29, 1.82) is 0 Å². The first-order chi connectivity index (χ1) is 14.2. The average Bonchev–Trinajstić information content (AvgIpc) is 3.07. The van der Waals surface area contributed by atoms with Gasteiger partial charge < -0.3 is 27.3 Å². The molecule has 0 aromatic heterocycles. The highest BCUT2D eigenvalue weighted by atomic mass is 19.1. The SMILES string of the molecule is NC(=O)c1cc(Oc2ccc(N)cc2F)cc2c1C(=O)NC2.Nc1ccc(F)cc1. The average molecular weight is 412 g/mol. The number of rotatable bonds is 3. The lowest BCUT2D eigenvalue weighted by Crippen LogP contribution is -2.19. The lowest BCUT2D eigenvalue weighted by molar-refractivity contribution is 0.0947. The van der Waals surface area contributed by atoms with Gasteiger partial charge in [0.2, 0.25) is 5.91 Å². The largest absolute Gasteiger partial charge is 0.454 e. The minimum absolute atomic E-state index is 0.0400. The number of carbonyl (C=O) groups is 2. The van der Waals surface area contributed by atoms with Crippen molar-refractivity contribution in [2.75, 3.05) is 11.5 Å². The molecule has 154 valence electrons. The van der Waals surface area contributed by atoms with Gasteiger partial charge in [-0.1, -0.05) is 0 Å². The Morgan fingerprint density at radius 2 is 1.63 bits per heavy atom. The predicted octanol–water partition coefficient (Wildman–Crippen LogP) is 2.95. The first kappa shape index (κ1) is 20.6. The van der Waals surface area contributed by atoms with Crippen molar-refractivity contribution in [1.82, 2.24) is 5.32 Å². The molecule has 0 unspecified atom stereocenters. The standard InChI is InChI=1S/C15H12FN3O3.C6H6FN/c16-11-4-8(17)1-2-12(11)22-9-3-7-6-19-15(21)13(7)10(5-9)14(18)20;7-5-1-3-6(8)4-2-5/h1-5H,6,17H2,(H2,18,20)(H,19,21);1-4H,8H2. The van der Waals surface area contributed by atoms with Crippen LogP contribution in [0.3, 0.4) is 0 Å². The number of ether oxygens (including phenoxy) is 1. The van der Waals surface area contributed by atoms with Crippen molar-refractivity contribution in [2.45, 2.75) is 6.54 Å². The van der Waals surface area contributed by atoms with E-state index in [2.05, 4.69) is 5.32 Å². The van der Waals surface area contributed by atoms with Crippen molar-refractivity contribution in [3.63, 3.8) is 0 Å². The summed E-state index contributed by atoms with van der Waals surface area (Å²) in [6.45, 7) is 0.260. The maximum atomic E-state index is 13.8. The fourth-order valence-corrected chi connectivity index (χ4v) is 2.79. The molecule has 1 heterocycles. The topological polar surface area (TPSA) is 133 Å². The molecule has 0 spiro atoms. The lowest BCUT2D eigenvalue weighted by atomic mass is 10.0. The van der Waals surface area contributed by atoms with Gasteiger partial charge in [-0.2, -0.15) is 0 Å². The van der Waals surface area contributed by atoms with Gasteiger partial charge >= 0.3 is 0 Å². The van der Waals surface area contributed by atoms with Crippen LogP contribution in [0.25, 0.3) is 0 Å². The second kappa shape index (κ2) is 8.48. The maximum absolute atomic E-state index is 13.8. The number of hydrogen-bond donors (Lipinski definition) is 4. The van der Waals surface area contributed by atoms with E-state index in [-0.39, 0.29) is 46.6 Å². The number of halogens is 2. The van der Waals surface area contributed by atoms with E-state index in [1.807, 2.05) is 0 Å². The van der Waals surface area contributed by atoms with Crippen LogP contribution in [0.4, 0.5) is 20.2 Å². The van der Waals surface area contributed by atoms with Crippen LogP contribution in [0.1, 0.15) is 26.3 Å². The third kappa shape index (κ3) is 4.64. The number of amides is 2. The Bertz CT molecular complexity index is 1100. The van der Waals surface area contributed by atoms with Crippen LogP contribution in [0.2, 0.25) is 0 Å². The Hall–Kier alpha value is -4.14. The smallest absolute Gasteiger partial charge is 0.252 e. The summed E-state index contributed by atoms with van der Waals surface area (Å²) in [4.78, 5) is 23.2. The van der Waals surface area contributed by atoms with Crippen molar-refractivity contribution >= 4 is 23.2 Å². The third-order valence-corrected chi connectivity index (χ3v) is 4.18. The van der Waals surface area contributed by atoms with Crippen LogP contribution in [0, 0.1) is 11.6 Å². The summed E-state index contributed by atoms with van der Waals surface area (Å²) >= 11 is 0. The highest BCUT2D eigenvalue weighted by Gasteiger charge is 2.26. The molecule has 30 heavy (non-hydrogen) atoms. The predicted molar refractivity (Wildman–Crippen MR) is 108 cm³/mol. The molecule has 7 nitrogen and oxygen atoms in total. The number of carbonyl (C=O) groups excluding carboxylic acids is 2. The van der Waals surface area contributed by atoms with Gasteiger partial charge in [0, 0.05) is 24.0 Å². The van der Waals surface area contributed by atoms with E-state index in [0.717, 1.165) is 6.07 Å². The first-order valence-corrected chi connectivity index (χ1v) is 8.73. The molecule has 1 aliphatic rings. The van der Waals surface area contributed by atoms with Crippen LogP contribution >= 0.6 is 0 Å². The molecule has 9 heteroatoms. The molecule has 0 radical (unpaired) electrons. The van der Waals surface area contributed by atoms with Gasteiger partial charge in [-0.15, -0.1) is 0 Å². The molecule has 0 bridgehead atoms. The van der Waals surface area contributed by atoms with Crippen molar-refractivity contribution in [3.8, 4) is 11.5 Å². The van der Waals surface area contributed by atoms with Gasteiger partial charge in [0.05, 0.1) is 11.1 Å². The van der Waals surface area contributed by atoms with E-state index in [4.69, 9.17) is 21.9 Å². The molecular weight excluding hydrogens is 394 g/mol. The number of benzene rings is 3. The second-order valence-electron chi connectivity index (χ2n) is 6.40. The fourth-order valence-electron chi connectivity index (χ4n) is 2.79. The van der Waals surface area contributed by atoms with E-state index in [1.54, 1.807) is 6.07 Å². The molecule has 1 aliphatic heterocycles. The van der Waals surface area contributed by atoms with Crippen LogP contribution in [-0.2, 0) is 6.54 Å². The van der Waals surface area contributed by atoms with Gasteiger partial charge in [0.1, 0.15) is 11.6 Å². The second-order valence-corrected chi connectivity index (χ2v) is 6.40. The van der Waals surface area contributed by atoms with Gasteiger partial charge in [-0.3, -0.25) is 9.59 Å². The van der Waals surface area contributed by atoms with E-state index < -0.39 is 11.7 Å². The van der Waals surface area contributed by atoms with E-state index >= 15 is 0 Å². The molecule has 0 saturated carbocycles. The Balaban J connectivity index is 0.000000269. The quantitative estimate of drug-likeness (QED) is 0.491. The molecule has 0 fully saturated rings. The van der Waals surface area contributed by atoms with Crippen LogP contribution in [0.15, 0.2) is 54.6 Å². The van der Waals surface area contributed by atoms with Gasteiger partial charge in [0.15, 0.2) is 11.6 Å². The third-order valence-electron chi connectivity index (χ3n) is 4.18. The number of nitrogen functional groups attached to an aromatic ring is 2. The molecule has 0 atom stereocenters. The Morgan fingerprint density at radius 3 is 2.23 bits per heavy atom. The number of nitrogens with two attached hydrogens (primary N) is 3. The zero-order valence-corrected chi connectivity index (χ0v) is 15.6. The zero-order valence-electron chi connectivity index (χ0n) is 15.6. The summed E-state index contributed by atoms with van der Waals surface area (Å²) in [5.41, 5.74) is 17.7. The van der Waals surface area contributed by atoms with E-state index in [9.17, 15) is 18.4 Å². The number of fused-ring (bicyclic) bond motifs is 1. The molecule has 2 amide bonds. The number of anilines is 2. The molecule has 0 saturated heterocycles. The molecule has 3 aromatic carbocycles. The van der Waals surface area contributed by atoms with Crippen molar-refractivity contribution in [3.05, 3.63) is 82.9 Å². The normalized spacial score (nSPS) is 11.7. The summed E-state index contributed by atoms with van der Waals surface area (Å²) in [6.07, 6.45) is 0. The first-order valence-electron chi connectivity index (χ1n) is 8.73. The summed E-state index contributed by atoms with van der Waals surface area (Å²) in [7, 11) is 0.